The number of aromatic nitrogens is 1. The summed E-state index contributed by atoms with van der Waals surface area (Å²) in [5, 5.41) is 0. The highest BCUT2D eigenvalue weighted by atomic mass is 15.2. The number of benzene rings is 1. The summed E-state index contributed by atoms with van der Waals surface area (Å²) in [4.78, 5) is 6.91. The lowest BCUT2D eigenvalue weighted by molar-refractivity contribution is 0.429. The van der Waals surface area contributed by atoms with Gasteiger partial charge in [-0.2, -0.15) is 0 Å². The van der Waals surface area contributed by atoms with Crippen LogP contribution in [0, 0.1) is 0 Å². The molecule has 0 bridgehead atoms. The van der Waals surface area contributed by atoms with Gasteiger partial charge in [0.1, 0.15) is 5.82 Å². The summed E-state index contributed by atoms with van der Waals surface area (Å²) in [7, 11) is 0. The Hall–Kier alpha value is -2.35. The van der Waals surface area contributed by atoms with Crippen LogP contribution < -0.4 is 4.90 Å². The zero-order valence-electron chi connectivity index (χ0n) is 15.2. The Balaban J connectivity index is 1.79. The predicted octanol–water partition coefficient (Wildman–Crippen LogP) is 6.01. The number of allylic oxidation sites excluding steroid dienone is 1. The normalized spacial score (nSPS) is 15.4. The number of hydrogen-bond acceptors (Lipinski definition) is 2. The smallest absolute Gasteiger partial charge is 0.133 e. The molecular formula is C23H28N2. The van der Waals surface area contributed by atoms with Gasteiger partial charge in [-0.3, -0.25) is 0 Å². The average Bonchev–Trinajstić information content (AvgIpc) is 2.69. The average molecular weight is 332 g/mol. The number of pyridine rings is 1. The molecule has 0 unspecified atom stereocenters. The quantitative estimate of drug-likeness (QED) is 0.602. The van der Waals surface area contributed by atoms with Gasteiger partial charge in [-0.1, -0.05) is 69.2 Å². The third-order valence-corrected chi connectivity index (χ3v) is 5.00. The largest absolute Gasteiger partial charge is 0.324 e. The van der Waals surface area contributed by atoms with Crippen molar-refractivity contribution in [3.8, 4) is 0 Å². The van der Waals surface area contributed by atoms with Gasteiger partial charge >= 0.3 is 0 Å². The number of aryl methyl sites for hydroxylation is 1. The van der Waals surface area contributed by atoms with Crippen LogP contribution in [0.4, 0.5) is 5.82 Å². The van der Waals surface area contributed by atoms with E-state index in [1.165, 1.54) is 43.2 Å². The summed E-state index contributed by atoms with van der Waals surface area (Å²) in [6.45, 7) is 6.54. The Kier molecular flexibility index (Phi) is 6.05. The molecule has 2 nitrogen and oxygen atoms in total. The lowest BCUT2D eigenvalue weighted by atomic mass is 9.93. The molecule has 0 amide bonds. The molecule has 130 valence electrons. The Morgan fingerprint density at radius 2 is 1.88 bits per heavy atom. The van der Waals surface area contributed by atoms with Crippen molar-refractivity contribution in [2.24, 2.45) is 0 Å². The van der Waals surface area contributed by atoms with Crippen LogP contribution in [0.15, 0.2) is 67.0 Å². The molecule has 2 aromatic rings. The van der Waals surface area contributed by atoms with E-state index in [-0.39, 0.29) is 0 Å². The van der Waals surface area contributed by atoms with E-state index in [9.17, 15) is 0 Å². The van der Waals surface area contributed by atoms with Crippen LogP contribution in [0.3, 0.4) is 0 Å². The molecule has 0 atom stereocenters. The fraction of sp³-hybridized carbons (Fsp3) is 0.348. The van der Waals surface area contributed by atoms with E-state index in [2.05, 4.69) is 71.9 Å². The van der Waals surface area contributed by atoms with Gasteiger partial charge in [0.15, 0.2) is 0 Å². The Morgan fingerprint density at radius 3 is 2.52 bits per heavy atom. The molecule has 1 aromatic carbocycles. The van der Waals surface area contributed by atoms with Crippen LogP contribution in [-0.2, 0) is 6.42 Å². The molecule has 0 N–H and O–H groups in total. The second-order valence-electron chi connectivity index (χ2n) is 6.77. The summed E-state index contributed by atoms with van der Waals surface area (Å²) in [6.07, 6.45) is 13.6. The van der Waals surface area contributed by atoms with Crippen LogP contribution in [0.1, 0.15) is 50.2 Å². The van der Waals surface area contributed by atoms with Crippen molar-refractivity contribution in [3.05, 3.63) is 78.1 Å². The first kappa shape index (κ1) is 17.5. The number of nitrogens with zero attached hydrogens (tertiary/aromatic N) is 2. The van der Waals surface area contributed by atoms with Gasteiger partial charge < -0.3 is 4.90 Å². The van der Waals surface area contributed by atoms with Crippen LogP contribution in [0.2, 0.25) is 0 Å². The molecule has 0 aliphatic heterocycles. The molecule has 0 spiro atoms. The minimum Gasteiger partial charge on any atom is -0.324 e. The van der Waals surface area contributed by atoms with E-state index in [1.807, 2.05) is 12.3 Å². The monoisotopic (exact) mass is 332 g/mol. The fourth-order valence-corrected chi connectivity index (χ4v) is 3.54. The van der Waals surface area contributed by atoms with Crippen molar-refractivity contribution < 1.29 is 0 Å². The van der Waals surface area contributed by atoms with Gasteiger partial charge in [-0.15, -0.1) is 0 Å². The Labute approximate surface area is 151 Å². The Bertz CT molecular complexity index is 695. The predicted molar refractivity (Wildman–Crippen MR) is 108 cm³/mol. The van der Waals surface area contributed by atoms with E-state index >= 15 is 0 Å². The zero-order valence-corrected chi connectivity index (χ0v) is 15.2. The first-order valence-electron chi connectivity index (χ1n) is 9.44. The van der Waals surface area contributed by atoms with E-state index in [4.69, 9.17) is 0 Å². The van der Waals surface area contributed by atoms with E-state index in [0.29, 0.717) is 6.04 Å². The molecule has 25 heavy (non-hydrogen) atoms. The lowest BCUT2D eigenvalue weighted by Gasteiger charge is -2.35. The van der Waals surface area contributed by atoms with Gasteiger partial charge in [-0.05, 0) is 48.6 Å². The van der Waals surface area contributed by atoms with Gasteiger partial charge in [0.2, 0.25) is 0 Å². The van der Waals surface area contributed by atoms with E-state index in [1.54, 1.807) is 0 Å². The van der Waals surface area contributed by atoms with Gasteiger partial charge in [-0.25, -0.2) is 4.98 Å². The lowest BCUT2D eigenvalue weighted by Crippen LogP contribution is -2.36. The second kappa shape index (κ2) is 8.66. The topological polar surface area (TPSA) is 16.1 Å². The first-order chi connectivity index (χ1) is 12.3. The van der Waals surface area contributed by atoms with Gasteiger partial charge in [0.05, 0.1) is 0 Å². The van der Waals surface area contributed by atoms with Crippen molar-refractivity contribution in [1.82, 2.24) is 4.98 Å². The second-order valence-corrected chi connectivity index (χ2v) is 6.77. The molecule has 1 saturated carbocycles. The molecule has 1 aliphatic carbocycles. The SMILES string of the molecule is C=C(/C=C/c1ccc(CC)cc1)N(c1ccccn1)C1CCCCC1. The molecule has 0 saturated heterocycles. The van der Waals surface area contributed by atoms with Crippen LogP contribution in [0.25, 0.3) is 6.08 Å². The molecule has 1 fully saturated rings. The highest BCUT2D eigenvalue weighted by Crippen LogP contribution is 2.29. The molecule has 1 heterocycles. The maximum absolute atomic E-state index is 4.58. The minimum absolute atomic E-state index is 0.503. The van der Waals surface area contributed by atoms with Gasteiger partial charge in [0, 0.05) is 17.9 Å². The van der Waals surface area contributed by atoms with E-state index < -0.39 is 0 Å². The summed E-state index contributed by atoms with van der Waals surface area (Å²) in [5.41, 5.74) is 3.60. The van der Waals surface area contributed by atoms with Crippen LogP contribution >= 0.6 is 0 Å². The Morgan fingerprint density at radius 1 is 1.12 bits per heavy atom. The minimum atomic E-state index is 0.503. The highest BCUT2D eigenvalue weighted by Gasteiger charge is 2.23. The molecule has 3 rings (SSSR count). The van der Waals surface area contributed by atoms with Crippen molar-refractivity contribution in [2.45, 2.75) is 51.5 Å². The highest BCUT2D eigenvalue weighted by molar-refractivity contribution is 5.58. The van der Waals surface area contributed by atoms with Crippen LogP contribution in [0.5, 0.6) is 0 Å². The van der Waals surface area contributed by atoms with Crippen LogP contribution in [-0.4, -0.2) is 11.0 Å². The molecule has 1 aromatic heterocycles. The van der Waals surface area contributed by atoms with Crippen molar-refractivity contribution >= 4 is 11.9 Å². The van der Waals surface area contributed by atoms with Crippen molar-refractivity contribution in [1.29, 1.82) is 0 Å². The number of rotatable bonds is 6. The number of hydrogen-bond donors (Lipinski definition) is 0. The van der Waals surface area contributed by atoms with Crippen molar-refractivity contribution in [3.63, 3.8) is 0 Å². The zero-order chi connectivity index (χ0) is 17.5. The first-order valence-corrected chi connectivity index (χ1v) is 9.44. The number of anilines is 1. The summed E-state index contributed by atoms with van der Waals surface area (Å²) >= 11 is 0. The van der Waals surface area contributed by atoms with Crippen molar-refractivity contribution in [2.75, 3.05) is 4.90 Å². The third-order valence-electron chi connectivity index (χ3n) is 5.00. The summed E-state index contributed by atoms with van der Waals surface area (Å²) in [6, 6.07) is 15.4. The maximum Gasteiger partial charge on any atom is 0.133 e. The standard InChI is InChI=1S/C23H28N2/c1-3-20-14-16-21(17-15-20)13-12-19(2)25(22-9-5-4-6-10-22)23-11-7-8-18-24-23/h7-8,11-18,22H,2-6,9-10H2,1H3/b13-12+. The fourth-order valence-electron chi connectivity index (χ4n) is 3.54. The van der Waals surface area contributed by atoms with Gasteiger partial charge in [0.25, 0.3) is 0 Å². The summed E-state index contributed by atoms with van der Waals surface area (Å²) in [5.74, 6) is 1.00. The third kappa shape index (κ3) is 4.60. The molecule has 2 heteroatoms. The summed E-state index contributed by atoms with van der Waals surface area (Å²) < 4.78 is 0. The maximum atomic E-state index is 4.58. The molecular weight excluding hydrogens is 304 g/mol. The molecule has 1 aliphatic rings. The molecule has 0 radical (unpaired) electrons. The van der Waals surface area contributed by atoms with E-state index in [0.717, 1.165) is 17.9 Å².